The molecule has 0 aromatic heterocycles. The Morgan fingerprint density at radius 3 is 2.57 bits per heavy atom. The molecule has 6 nitrogen and oxygen atoms in total. The van der Waals surface area contributed by atoms with E-state index in [4.69, 9.17) is 9.47 Å². The zero-order valence-electron chi connectivity index (χ0n) is 18.3. The third-order valence-corrected chi connectivity index (χ3v) is 6.59. The van der Waals surface area contributed by atoms with Gasteiger partial charge in [-0.15, -0.1) is 24.0 Å². The summed E-state index contributed by atoms with van der Waals surface area (Å²) in [6.07, 6.45) is 7.72. The zero-order valence-corrected chi connectivity index (χ0v) is 20.7. The number of hydrogen-bond donors (Lipinski definition) is 1. The van der Waals surface area contributed by atoms with Crippen LogP contribution < -0.4 is 5.32 Å². The van der Waals surface area contributed by atoms with Crippen LogP contribution in [-0.4, -0.2) is 87.0 Å². The van der Waals surface area contributed by atoms with Crippen molar-refractivity contribution >= 4 is 29.9 Å². The van der Waals surface area contributed by atoms with Gasteiger partial charge in [0.1, 0.15) is 0 Å². The van der Waals surface area contributed by atoms with Crippen LogP contribution in [0.4, 0.5) is 0 Å². The number of ether oxygens (including phenoxy) is 2. The van der Waals surface area contributed by atoms with Crippen molar-refractivity contribution in [3.05, 3.63) is 0 Å². The van der Waals surface area contributed by atoms with Crippen LogP contribution in [0.15, 0.2) is 4.99 Å². The Labute approximate surface area is 188 Å². The predicted octanol–water partition coefficient (Wildman–Crippen LogP) is 2.96. The number of aliphatic imine (C=N–C) groups is 1. The molecule has 1 saturated carbocycles. The SMILES string of the molecule is CN=C(NCC1(N2CCOC(C)(C)C2)CCCCC1)N(C)CC1CCOC1.I. The quantitative estimate of drug-likeness (QED) is 0.352. The summed E-state index contributed by atoms with van der Waals surface area (Å²) in [4.78, 5) is 9.55. The normalized spacial score (nSPS) is 27.9. The lowest BCUT2D eigenvalue weighted by molar-refractivity contribution is -0.122. The fourth-order valence-corrected chi connectivity index (χ4v) is 5.07. The fourth-order valence-electron chi connectivity index (χ4n) is 5.07. The average molecular weight is 508 g/mol. The van der Waals surface area contributed by atoms with E-state index in [1.165, 1.54) is 32.1 Å². The van der Waals surface area contributed by atoms with Gasteiger partial charge in [-0.3, -0.25) is 9.89 Å². The minimum Gasteiger partial charge on any atom is -0.381 e. The maximum absolute atomic E-state index is 5.98. The van der Waals surface area contributed by atoms with E-state index in [1.54, 1.807) is 0 Å². The first kappa shape index (κ1) is 24.2. The van der Waals surface area contributed by atoms with E-state index in [0.717, 1.165) is 58.4 Å². The Balaban J connectivity index is 0.00000280. The van der Waals surface area contributed by atoms with Crippen LogP contribution in [0, 0.1) is 5.92 Å². The van der Waals surface area contributed by atoms with E-state index >= 15 is 0 Å². The predicted molar refractivity (Wildman–Crippen MR) is 126 cm³/mol. The van der Waals surface area contributed by atoms with Crippen LogP contribution in [0.25, 0.3) is 0 Å². The standard InChI is InChI=1S/C21H40N4O2.HI/c1-20(2)17-25(11-13-27-20)21(9-6-5-7-10-21)16-23-19(22-3)24(4)14-18-8-12-26-15-18;/h18H,5-17H2,1-4H3,(H,22,23);1H. The van der Waals surface area contributed by atoms with Crippen molar-refractivity contribution in [2.24, 2.45) is 10.9 Å². The lowest BCUT2D eigenvalue weighted by Gasteiger charge is -2.51. The highest BCUT2D eigenvalue weighted by atomic mass is 127. The molecule has 28 heavy (non-hydrogen) atoms. The van der Waals surface area contributed by atoms with Gasteiger partial charge in [0.15, 0.2) is 5.96 Å². The molecule has 2 aliphatic heterocycles. The van der Waals surface area contributed by atoms with Crippen molar-refractivity contribution in [1.82, 2.24) is 15.1 Å². The fraction of sp³-hybridized carbons (Fsp3) is 0.952. The van der Waals surface area contributed by atoms with Crippen LogP contribution in [0.2, 0.25) is 0 Å². The lowest BCUT2D eigenvalue weighted by atomic mass is 9.79. The van der Waals surface area contributed by atoms with Gasteiger partial charge >= 0.3 is 0 Å². The maximum Gasteiger partial charge on any atom is 0.193 e. The van der Waals surface area contributed by atoms with Gasteiger partial charge in [-0.1, -0.05) is 19.3 Å². The van der Waals surface area contributed by atoms with Gasteiger partial charge in [0.25, 0.3) is 0 Å². The Morgan fingerprint density at radius 2 is 1.96 bits per heavy atom. The number of guanidine groups is 1. The van der Waals surface area contributed by atoms with Gasteiger partial charge in [0, 0.05) is 58.3 Å². The molecule has 0 aromatic carbocycles. The molecule has 0 radical (unpaired) electrons. The van der Waals surface area contributed by atoms with Crippen molar-refractivity contribution in [2.45, 2.75) is 63.5 Å². The molecule has 2 saturated heterocycles. The second kappa shape index (κ2) is 10.8. The van der Waals surface area contributed by atoms with Crippen LogP contribution in [0.5, 0.6) is 0 Å². The molecule has 0 bridgehead atoms. The molecule has 3 aliphatic rings. The lowest BCUT2D eigenvalue weighted by Crippen LogP contribution is -2.63. The number of hydrogen-bond acceptors (Lipinski definition) is 4. The summed E-state index contributed by atoms with van der Waals surface area (Å²) in [6.45, 7) is 11.1. The summed E-state index contributed by atoms with van der Waals surface area (Å²) in [5, 5.41) is 3.73. The highest BCUT2D eigenvalue weighted by Gasteiger charge is 2.42. The van der Waals surface area contributed by atoms with Gasteiger partial charge in [-0.2, -0.15) is 0 Å². The number of halogens is 1. The van der Waals surface area contributed by atoms with Crippen LogP contribution in [-0.2, 0) is 9.47 Å². The van der Waals surface area contributed by atoms with Gasteiger partial charge in [0.05, 0.1) is 18.8 Å². The molecular formula is C21H41IN4O2. The number of nitrogens with one attached hydrogen (secondary N) is 1. The van der Waals surface area contributed by atoms with E-state index in [9.17, 15) is 0 Å². The molecule has 1 N–H and O–H groups in total. The van der Waals surface area contributed by atoms with E-state index in [2.05, 4.69) is 41.0 Å². The molecule has 1 aliphatic carbocycles. The summed E-state index contributed by atoms with van der Waals surface area (Å²) in [6, 6.07) is 0. The first-order valence-corrected chi connectivity index (χ1v) is 10.8. The van der Waals surface area contributed by atoms with Crippen LogP contribution in [0.1, 0.15) is 52.4 Å². The molecule has 3 rings (SSSR count). The number of nitrogens with zero attached hydrogens (tertiary/aromatic N) is 3. The zero-order chi connectivity index (χ0) is 19.3. The van der Waals surface area contributed by atoms with Gasteiger partial charge < -0.3 is 19.7 Å². The van der Waals surface area contributed by atoms with Crippen molar-refractivity contribution in [3.8, 4) is 0 Å². The van der Waals surface area contributed by atoms with Gasteiger partial charge in [-0.05, 0) is 33.1 Å². The molecule has 3 fully saturated rings. The molecule has 2 heterocycles. The average Bonchev–Trinajstić information content (AvgIpc) is 3.15. The number of rotatable bonds is 5. The third kappa shape index (κ3) is 6.19. The molecule has 1 atom stereocenters. The summed E-state index contributed by atoms with van der Waals surface area (Å²) in [5.74, 6) is 1.64. The molecular weight excluding hydrogens is 467 g/mol. The van der Waals surface area contributed by atoms with Crippen LogP contribution in [0.3, 0.4) is 0 Å². The van der Waals surface area contributed by atoms with E-state index in [0.29, 0.717) is 5.92 Å². The Morgan fingerprint density at radius 1 is 1.21 bits per heavy atom. The summed E-state index contributed by atoms with van der Waals surface area (Å²) in [5.41, 5.74) is 0.177. The smallest absolute Gasteiger partial charge is 0.193 e. The Bertz CT molecular complexity index is 503. The second-order valence-corrected chi connectivity index (χ2v) is 9.33. The van der Waals surface area contributed by atoms with E-state index in [1.807, 2.05) is 7.05 Å². The van der Waals surface area contributed by atoms with E-state index < -0.39 is 0 Å². The topological polar surface area (TPSA) is 49.3 Å². The first-order valence-electron chi connectivity index (χ1n) is 10.8. The molecule has 0 spiro atoms. The van der Waals surface area contributed by atoms with Crippen molar-refractivity contribution in [1.29, 1.82) is 0 Å². The summed E-state index contributed by atoms with van der Waals surface area (Å²) >= 11 is 0. The summed E-state index contributed by atoms with van der Waals surface area (Å²) in [7, 11) is 4.05. The summed E-state index contributed by atoms with van der Waals surface area (Å²) < 4.78 is 11.5. The molecule has 0 aromatic rings. The second-order valence-electron chi connectivity index (χ2n) is 9.33. The maximum atomic E-state index is 5.98. The molecule has 7 heteroatoms. The molecule has 1 unspecified atom stereocenters. The monoisotopic (exact) mass is 508 g/mol. The highest BCUT2D eigenvalue weighted by molar-refractivity contribution is 14.0. The molecule has 164 valence electrons. The number of morpholine rings is 1. The largest absolute Gasteiger partial charge is 0.381 e. The minimum absolute atomic E-state index is 0. The van der Waals surface area contributed by atoms with E-state index in [-0.39, 0.29) is 35.1 Å². The van der Waals surface area contributed by atoms with Gasteiger partial charge in [0.2, 0.25) is 0 Å². The first-order chi connectivity index (χ1) is 12.9. The molecule has 0 amide bonds. The Kier molecular flexibility index (Phi) is 9.29. The van der Waals surface area contributed by atoms with Crippen molar-refractivity contribution < 1.29 is 9.47 Å². The van der Waals surface area contributed by atoms with Crippen molar-refractivity contribution in [2.75, 3.05) is 60.1 Å². The highest BCUT2D eigenvalue weighted by Crippen LogP contribution is 2.36. The minimum atomic E-state index is -0.0519. The van der Waals surface area contributed by atoms with Gasteiger partial charge in [-0.25, -0.2) is 0 Å². The Hall–Kier alpha value is -0.120. The third-order valence-electron chi connectivity index (χ3n) is 6.59. The van der Waals surface area contributed by atoms with Crippen molar-refractivity contribution in [3.63, 3.8) is 0 Å². The van der Waals surface area contributed by atoms with Crippen LogP contribution >= 0.6 is 24.0 Å².